The predicted octanol–water partition coefficient (Wildman–Crippen LogP) is 4.96. The van der Waals surface area contributed by atoms with E-state index in [1.807, 2.05) is 0 Å². The van der Waals surface area contributed by atoms with E-state index in [1.54, 1.807) is 45.2 Å². The van der Waals surface area contributed by atoms with E-state index in [1.165, 1.54) is 0 Å². The van der Waals surface area contributed by atoms with E-state index in [0.717, 1.165) is 30.4 Å². The number of nitrogens with two attached hydrogens (primary N) is 1. The summed E-state index contributed by atoms with van der Waals surface area (Å²) in [5.74, 6) is -5.27. The predicted molar refractivity (Wildman–Crippen MR) is 348 cm³/mol. The van der Waals surface area contributed by atoms with E-state index in [0.29, 0.717) is 86.9 Å². The zero-order valence-corrected chi connectivity index (χ0v) is 56.8. The fourth-order valence-corrected chi connectivity index (χ4v) is 15.5. The number of anilines is 1. The number of carbonyl (C=O) groups excluding carboxylic acids is 9. The number of ether oxygens (including phenoxy) is 9. The Morgan fingerprint density at radius 3 is 2.23 bits per heavy atom. The zero-order chi connectivity index (χ0) is 69.9. The number of imide groups is 1. The number of benzene rings is 1. The molecule has 20 atom stereocenters. The van der Waals surface area contributed by atoms with Gasteiger partial charge in [-0.2, -0.15) is 0 Å². The highest BCUT2D eigenvalue weighted by Gasteiger charge is 2.60. The number of alkyl carbamates (subject to hydrolysis) is 1. The number of methoxy groups -OCH3 is 1. The zero-order valence-electron chi connectivity index (χ0n) is 56.8. The van der Waals surface area contributed by atoms with Gasteiger partial charge in [-0.15, -0.1) is 5.06 Å². The van der Waals surface area contributed by atoms with Crippen LogP contribution in [-0.4, -0.2) is 198 Å². The van der Waals surface area contributed by atoms with Gasteiger partial charge in [-0.25, -0.2) is 14.4 Å². The molecule has 9 fully saturated rings. The van der Waals surface area contributed by atoms with Crippen molar-refractivity contribution in [2.24, 2.45) is 23.5 Å². The topological polar surface area (TPSA) is 376 Å². The summed E-state index contributed by atoms with van der Waals surface area (Å²) in [6.45, 7) is 14.3. The molecule has 0 saturated carbocycles. The van der Waals surface area contributed by atoms with Gasteiger partial charge >= 0.3 is 18.1 Å². The van der Waals surface area contributed by atoms with Crippen molar-refractivity contribution in [2.75, 3.05) is 25.5 Å². The summed E-state index contributed by atoms with van der Waals surface area (Å²) in [5.41, 5.74) is 8.14. The number of amides is 8. The van der Waals surface area contributed by atoms with Crippen LogP contribution in [0, 0.1) is 17.8 Å². The van der Waals surface area contributed by atoms with Gasteiger partial charge in [0.1, 0.15) is 36.7 Å². The fraction of sp³-hybridized carbons (Fsp3) is 0.729. The largest absolute Gasteiger partial charge is 0.445 e. The van der Waals surface area contributed by atoms with Crippen LogP contribution in [0.5, 0.6) is 0 Å². The summed E-state index contributed by atoms with van der Waals surface area (Å²) in [6, 6.07) is 3.53. The maximum Gasteiger partial charge on any atom is 0.407 e. The fourth-order valence-electron chi connectivity index (χ4n) is 15.5. The van der Waals surface area contributed by atoms with Crippen LogP contribution in [0.15, 0.2) is 48.6 Å². The first-order valence-corrected chi connectivity index (χ1v) is 35.3. The Balaban J connectivity index is 0.709. The van der Waals surface area contributed by atoms with Crippen LogP contribution < -0.4 is 32.3 Å². The molecule has 10 rings (SSSR count). The summed E-state index contributed by atoms with van der Waals surface area (Å²) in [5, 5.41) is 36.7. The molecule has 9 saturated heterocycles. The molecule has 0 aromatic heterocycles. The molecule has 1 aromatic carbocycles. The van der Waals surface area contributed by atoms with Gasteiger partial charge in [0.15, 0.2) is 5.79 Å². The average molecular weight is 1380 g/mol. The van der Waals surface area contributed by atoms with Crippen molar-refractivity contribution in [3.63, 3.8) is 0 Å². The Morgan fingerprint density at radius 2 is 1.49 bits per heavy atom. The molecule has 542 valence electrons. The first-order chi connectivity index (χ1) is 46.9. The lowest BCUT2D eigenvalue weighted by Gasteiger charge is -2.47. The molecule has 10 bridgehead atoms. The van der Waals surface area contributed by atoms with Crippen LogP contribution in [0.3, 0.4) is 0 Å². The molecule has 2 unspecified atom stereocenters. The lowest BCUT2D eigenvalue weighted by atomic mass is 9.81. The summed E-state index contributed by atoms with van der Waals surface area (Å²) in [7, 11) is 1.57. The third-order valence-electron chi connectivity index (χ3n) is 20.8. The number of Topliss-reactive ketones (excluding diaryl/α,β-unsaturated/α-hetero) is 1. The first kappa shape index (κ1) is 74.2. The Labute approximate surface area is 571 Å². The van der Waals surface area contributed by atoms with E-state index >= 15 is 0 Å². The van der Waals surface area contributed by atoms with E-state index in [-0.39, 0.29) is 132 Å². The number of unbranched alkanes of at least 4 members (excludes halogenated alkanes) is 2. The molecular formula is C70H101N7O21. The van der Waals surface area contributed by atoms with E-state index < -0.39 is 126 Å². The molecular weight excluding hydrogens is 1270 g/mol. The lowest BCUT2D eigenvalue weighted by molar-refractivity contribution is -0.277. The highest BCUT2D eigenvalue weighted by molar-refractivity contribution is 6.01. The number of hydrogen-bond donors (Lipinski definition) is 8. The lowest BCUT2D eigenvalue weighted by Crippen LogP contribution is -2.58. The van der Waals surface area contributed by atoms with Crippen LogP contribution in [0.25, 0.3) is 0 Å². The Morgan fingerprint density at radius 1 is 0.755 bits per heavy atom. The number of nitrogens with zero attached hydrogens (tertiary/aromatic N) is 1. The van der Waals surface area contributed by atoms with Crippen molar-refractivity contribution < 1.29 is 101 Å². The van der Waals surface area contributed by atoms with Crippen molar-refractivity contribution in [2.45, 2.75) is 284 Å². The molecule has 28 heteroatoms. The van der Waals surface area contributed by atoms with Gasteiger partial charge < -0.3 is 90.0 Å². The molecule has 1 aromatic rings. The molecule has 9 heterocycles. The highest BCUT2D eigenvalue weighted by atomic mass is 16.7. The minimum Gasteiger partial charge on any atom is -0.445 e. The number of urea groups is 1. The van der Waals surface area contributed by atoms with Crippen LogP contribution >= 0.6 is 0 Å². The summed E-state index contributed by atoms with van der Waals surface area (Å²) in [4.78, 5) is 120. The van der Waals surface area contributed by atoms with Crippen molar-refractivity contribution in [1.29, 1.82) is 0 Å². The quantitative estimate of drug-likeness (QED) is 0.0385. The molecule has 9 N–H and O–H groups in total. The number of fused-ring (bicyclic) bond motifs is 9. The van der Waals surface area contributed by atoms with Gasteiger partial charge in [0, 0.05) is 102 Å². The Bertz CT molecular complexity index is 3030. The number of primary amides is 1. The number of ketones is 1. The van der Waals surface area contributed by atoms with E-state index in [9.17, 15) is 53.4 Å². The monoisotopic (exact) mass is 1380 g/mol. The third-order valence-corrected chi connectivity index (χ3v) is 20.8. The van der Waals surface area contributed by atoms with Crippen molar-refractivity contribution in [1.82, 2.24) is 26.3 Å². The van der Waals surface area contributed by atoms with E-state index in [4.69, 9.17) is 53.2 Å². The van der Waals surface area contributed by atoms with Gasteiger partial charge in [0.05, 0.1) is 79.4 Å². The van der Waals surface area contributed by atoms with Gasteiger partial charge in [-0.3, -0.25) is 28.8 Å². The number of nitrogens with one attached hydrogen (secondary N) is 5. The van der Waals surface area contributed by atoms with Crippen LogP contribution in [0.2, 0.25) is 0 Å². The number of aliphatic hydroxyl groups is 2. The normalized spacial score (nSPS) is 33.4. The standard InChI is InChI=1S/C70H101N7O21/c1-37(2)62(76-58(81)12-8-7-9-13-61(84)98-77-59(82)22-23-60(77)83)67(86)75-49(11-10-26-72-68(71)87)66(85)74-42-16-14-41(15-17-42)36-90-69(88)73-35-44(79)31-55-63(89-6)48-30-43(78)29-46-19-21-52-65(93-46)57-33-56(94-52)64-50(80)34-70(96-57,97-64)25-24-47-28-39(4)51(91-47)20-18-45-27-38(3)40(5)53(92-45)32-54(48)95-55/h14-17,37-38,44-57,62-65,79-80H,4-5,7-13,18-36H2,1-3,6H3,(H,73,88)(H,74,85)(H,75,86)(H,76,81)(H3,71,72,87)/t38-,44+,45+,46?,47+,48+,49+,50-,51?,52+,53-,54+,55-,56-,57-,62+,63-,64+,65+,70-/m1/s1. The molecule has 9 aliphatic heterocycles. The maximum atomic E-state index is 14.5. The summed E-state index contributed by atoms with van der Waals surface area (Å²) >= 11 is 0. The number of carbonyl (C=O) groups is 9. The van der Waals surface area contributed by atoms with Crippen LogP contribution in [-0.2, 0) is 87.6 Å². The van der Waals surface area contributed by atoms with Crippen molar-refractivity contribution in [3.8, 4) is 0 Å². The summed E-state index contributed by atoms with van der Waals surface area (Å²) < 4.78 is 59.1. The third kappa shape index (κ3) is 19.3. The second kappa shape index (κ2) is 33.8. The minimum atomic E-state index is -1.12. The molecule has 0 radical (unpaired) electrons. The first-order valence-electron chi connectivity index (χ1n) is 35.3. The number of hydroxylamine groups is 2. The van der Waals surface area contributed by atoms with Gasteiger partial charge in [0.2, 0.25) is 17.7 Å². The smallest absolute Gasteiger partial charge is 0.407 e. The van der Waals surface area contributed by atoms with Crippen molar-refractivity contribution in [3.05, 3.63) is 54.1 Å². The second-order valence-electron chi connectivity index (χ2n) is 28.5. The maximum absolute atomic E-state index is 14.5. The number of hydrogen-bond acceptors (Lipinski definition) is 21. The van der Waals surface area contributed by atoms with Crippen LogP contribution in [0.4, 0.5) is 15.3 Å². The summed E-state index contributed by atoms with van der Waals surface area (Å²) in [6.07, 6.45) is 0.786. The van der Waals surface area contributed by atoms with Crippen molar-refractivity contribution >= 4 is 59.1 Å². The molecule has 98 heavy (non-hydrogen) atoms. The van der Waals surface area contributed by atoms with Gasteiger partial charge in [0.25, 0.3) is 11.8 Å². The number of aliphatic hydroxyl groups excluding tert-OH is 2. The Kier molecular flexibility index (Phi) is 25.6. The molecule has 8 amide bonds. The van der Waals surface area contributed by atoms with Gasteiger partial charge in [-0.1, -0.05) is 52.5 Å². The van der Waals surface area contributed by atoms with E-state index in [2.05, 4.69) is 46.7 Å². The Hall–Kier alpha value is -6.47. The number of rotatable bonds is 24. The minimum absolute atomic E-state index is 0.0173. The molecule has 9 aliphatic rings. The van der Waals surface area contributed by atoms with Gasteiger partial charge in [-0.05, 0) is 111 Å². The average Bonchev–Trinajstić information content (AvgIpc) is 1.58. The molecule has 1 spiro atoms. The SMILES string of the molecule is C=C1C[C@@H]2CC[C@]34C[C@@H](O)[C@H](O3)[C@H]3C[C@@H](O4)[C@H]4OC(CC[C@@H]4O3)CC(=O)C[C@@H]3[C@@H](OC)[C@@H](C[C@H](O)CNC(=O)OCc4ccc(NC(=O)[C@H](CCCNC(N)=O)NC(=O)[C@@H](NC(=O)CCCCCC(=O)ON5C(=O)CCC5=O)C(C)C)cc4)O[C@H]3C[C@H]3O[C@@H](CCC1O2)C[C@@H](C)C3=C. The second-order valence-corrected chi connectivity index (χ2v) is 28.5. The molecule has 28 nitrogen and oxygen atoms in total. The molecule has 0 aliphatic carbocycles. The van der Waals surface area contributed by atoms with Crippen LogP contribution in [0.1, 0.15) is 174 Å². The highest BCUT2D eigenvalue weighted by Crippen LogP contribution is 2.49.